The van der Waals surface area contributed by atoms with E-state index < -0.39 is 11.3 Å². The lowest BCUT2D eigenvalue weighted by Gasteiger charge is -2.61. The van der Waals surface area contributed by atoms with E-state index in [-0.39, 0.29) is 6.10 Å². The fraction of sp³-hybridized carbons (Fsp3) is 1.00. The van der Waals surface area contributed by atoms with Gasteiger partial charge in [-0.2, -0.15) is 0 Å². The van der Waals surface area contributed by atoms with E-state index in [1.54, 1.807) is 0 Å². The molecule has 1 saturated heterocycles. The molecule has 1 N–H and O–H groups in total. The lowest BCUT2D eigenvalue weighted by molar-refractivity contribution is -0.129. The van der Waals surface area contributed by atoms with E-state index in [1.807, 2.05) is 20.8 Å². The van der Waals surface area contributed by atoms with Crippen LogP contribution in [0.15, 0.2) is 0 Å². The van der Waals surface area contributed by atoms with Crippen LogP contribution in [0.3, 0.4) is 0 Å². The first-order valence-electron chi connectivity index (χ1n) is 14.7. The zero-order chi connectivity index (χ0) is 24.5. The molecule has 1 aliphatic heterocycles. The largest absolute Gasteiger partial charge is 0.783 e. The van der Waals surface area contributed by atoms with Gasteiger partial charge in [-0.15, -0.1) is 0 Å². The molecule has 196 valence electrons. The molecule has 10 unspecified atom stereocenters. The molecule has 4 aliphatic carbocycles. The van der Waals surface area contributed by atoms with Gasteiger partial charge < -0.3 is 20.1 Å². The minimum absolute atomic E-state index is 0.0446. The van der Waals surface area contributed by atoms with Crippen molar-refractivity contribution in [3.63, 3.8) is 0 Å². The van der Waals surface area contributed by atoms with Crippen molar-refractivity contribution in [3.8, 4) is 0 Å². The second-order valence-electron chi connectivity index (χ2n) is 14.8. The van der Waals surface area contributed by atoms with Crippen LogP contribution in [0.4, 0.5) is 0 Å². The summed E-state index contributed by atoms with van der Waals surface area (Å²) in [7, 11) is 0. The molecule has 0 bridgehead atoms. The number of aliphatic hydroxyl groups is 1. The van der Waals surface area contributed by atoms with Crippen molar-refractivity contribution < 1.29 is 9.84 Å². The third-order valence-corrected chi connectivity index (χ3v) is 12.4. The SMILES string of the molecule is CC(CCCC1(C)OCC(C)(C)N1[O-])C1CCC2C3CCC4CC(O)CCC4(C)C3CCC12C. The van der Waals surface area contributed by atoms with Gasteiger partial charge in [0, 0.05) is 5.54 Å². The fourth-order valence-corrected chi connectivity index (χ4v) is 10.4. The molecular weight excluding hydrogens is 422 g/mol. The summed E-state index contributed by atoms with van der Waals surface area (Å²) in [5.74, 6) is 5.00. The molecule has 4 saturated carbocycles. The third-order valence-electron chi connectivity index (χ3n) is 12.4. The molecule has 5 fully saturated rings. The van der Waals surface area contributed by atoms with Gasteiger partial charge in [-0.1, -0.05) is 27.2 Å². The van der Waals surface area contributed by atoms with Crippen LogP contribution < -0.4 is 0 Å². The Kier molecular flexibility index (Phi) is 6.53. The summed E-state index contributed by atoms with van der Waals surface area (Å²) >= 11 is 0. The Labute approximate surface area is 209 Å². The topological polar surface area (TPSA) is 55.8 Å². The minimum atomic E-state index is -0.648. The molecule has 4 heteroatoms. The van der Waals surface area contributed by atoms with Gasteiger partial charge in [-0.05, 0) is 138 Å². The highest BCUT2D eigenvalue weighted by atomic mass is 16.6. The Balaban J connectivity index is 1.21. The first kappa shape index (κ1) is 25.5. The van der Waals surface area contributed by atoms with Crippen molar-refractivity contribution in [2.45, 2.75) is 136 Å². The van der Waals surface area contributed by atoms with Crippen LogP contribution in [-0.4, -0.2) is 34.1 Å². The molecule has 1 heterocycles. The van der Waals surface area contributed by atoms with E-state index in [0.717, 1.165) is 61.2 Å². The van der Waals surface area contributed by atoms with E-state index in [0.29, 0.717) is 17.4 Å². The number of ether oxygens (including phenoxy) is 1. The predicted molar refractivity (Wildman–Crippen MR) is 138 cm³/mol. The number of nitrogens with zero attached hydrogens (tertiary/aromatic N) is 1. The summed E-state index contributed by atoms with van der Waals surface area (Å²) in [6.07, 6.45) is 14.8. The van der Waals surface area contributed by atoms with Crippen molar-refractivity contribution in [2.75, 3.05) is 6.61 Å². The second-order valence-corrected chi connectivity index (χ2v) is 14.8. The van der Waals surface area contributed by atoms with E-state index >= 15 is 0 Å². The number of hydrogen-bond donors (Lipinski definition) is 1. The van der Waals surface area contributed by atoms with Crippen LogP contribution in [0, 0.1) is 51.5 Å². The summed E-state index contributed by atoms with van der Waals surface area (Å²) in [4.78, 5) is 0. The van der Waals surface area contributed by atoms with Gasteiger partial charge in [-0.25, -0.2) is 0 Å². The highest BCUT2D eigenvalue weighted by molar-refractivity contribution is 5.09. The molecule has 0 amide bonds. The fourth-order valence-electron chi connectivity index (χ4n) is 10.4. The van der Waals surface area contributed by atoms with Gasteiger partial charge in [0.2, 0.25) is 0 Å². The molecule has 10 atom stereocenters. The number of aliphatic hydroxyl groups excluding tert-OH is 1. The van der Waals surface area contributed by atoms with Crippen LogP contribution >= 0.6 is 0 Å². The van der Waals surface area contributed by atoms with Gasteiger partial charge in [0.1, 0.15) is 5.72 Å². The highest BCUT2D eigenvalue weighted by Crippen LogP contribution is 2.68. The lowest BCUT2D eigenvalue weighted by Crippen LogP contribution is -2.54. The number of hydrogen-bond acceptors (Lipinski definition) is 4. The van der Waals surface area contributed by atoms with E-state index in [9.17, 15) is 10.3 Å². The summed E-state index contributed by atoms with van der Waals surface area (Å²) in [5.41, 5.74) is -0.0809. The number of fused-ring (bicyclic) bond motifs is 5. The van der Waals surface area contributed by atoms with Crippen LogP contribution in [0.25, 0.3) is 0 Å². The van der Waals surface area contributed by atoms with Crippen LogP contribution in [0.2, 0.25) is 0 Å². The predicted octanol–water partition coefficient (Wildman–Crippen LogP) is 7.14. The summed E-state index contributed by atoms with van der Waals surface area (Å²) in [6, 6.07) is 0. The molecule has 4 nitrogen and oxygen atoms in total. The molecule has 0 radical (unpaired) electrons. The average molecular weight is 475 g/mol. The maximum absolute atomic E-state index is 12.8. The van der Waals surface area contributed by atoms with Crippen LogP contribution in [0.5, 0.6) is 0 Å². The Hall–Kier alpha value is -0.160. The van der Waals surface area contributed by atoms with Gasteiger partial charge in [0.25, 0.3) is 0 Å². The zero-order valence-electron chi connectivity index (χ0n) is 22.9. The first-order valence-corrected chi connectivity index (χ1v) is 14.7. The third kappa shape index (κ3) is 3.92. The lowest BCUT2D eigenvalue weighted by atomic mass is 9.44. The van der Waals surface area contributed by atoms with Crippen molar-refractivity contribution in [2.24, 2.45) is 46.3 Å². The molecule has 5 rings (SSSR count). The quantitative estimate of drug-likeness (QED) is 0.460. The summed E-state index contributed by atoms with van der Waals surface area (Å²) in [6.45, 7) is 14.3. The smallest absolute Gasteiger partial charge is 0.108 e. The molecule has 34 heavy (non-hydrogen) atoms. The van der Waals surface area contributed by atoms with E-state index in [2.05, 4.69) is 20.8 Å². The van der Waals surface area contributed by atoms with Gasteiger partial charge in [0.15, 0.2) is 0 Å². The summed E-state index contributed by atoms with van der Waals surface area (Å²) in [5, 5.41) is 24.3. The van der Waals surface area contributed by atoms with Gasteiger partial charge in [-0.3, -0.25) is 0 Å². The molecule has 0 spiro atoms. The first-order chi connectivity index (χ1) is 15.9. The van der Waals surface area contributed by atoms with Crippen molar-refractivity contribution in [3.05, 3.63) is 5.21 Å². The van der Waals surface area contributed by atoms with Crippen molar-refractivity contribution in [1.29, 1.82) is 0 Å². The Morgan fingerprint density at radius 3 is 2.35 bits per heavy atom. The Morgan fingerprint density at radius 1 is 0.941 bits per heavy atom. The van der Waals surface area contributed by atoms with Crippen LogP contribution in [-0.2, 0) is 4.74 Å². The Morgan fingerprint density at radius 2 is 1.65 bits per heavy atom. The maximum atomic E-state index is 12.8. The standard InChI is InChI=1S/C30H52NO3/c1-20(8-7-15-30(6)31(33)27(2,3)19-34-30)24-11-12-25-23-10-9-21-18-22(32)13-16-28(21,4)26(23)14-17-29(24,25)5/h20-26,32H,7-19H2,1-6H3/q-1. The highest BCUT2D eigenvalue weighted by Gasteiger charge is 2.60. The van der Waals surface area contributed by atoms with Gasteiger partial charge in [0.05, 0.1) is 12.7 Å². The van der Waals surface area contributed by atoms with E-state index in [1.165, 1.54) is 56.4 Å². The monoisotopic (exact) mass is 474 g/mol. The second kappa shape index (κ2) is 8.71. The summed E-state index contributed by atoms with van der Waals surface area (Å²) < 4.78 is 6.00. The van der Waals surface area contributed by atoms with E-state index in [4.69, 9.17) is 4.74 Å². The normalized spacial score (nSPS) is 51.5. The van der Waals surface area contributed by atoms with Gasteiger partial charge >= 0.3 is 0 Å². The molecule has 5 aliphatic rings. The molecule has 0 aromatic carbocycles. The number of rotatable bonds is 5. The minimum Gasteiger partial charge on any atom is -0.783 e. The molecule has 0 aromatic heterocycles. The van der Waals surface area contributed by atoms with Crippen molar-refractivity contribution >= 4 is 0 Å². The van der Waals surface area contributed by atoms with Crippen molar-refractivity contribution in [1.82, 2.24) is 5.06 Å². The van der Waals surface area contributed by atoms with Crippen LogP contribution in [0.1, 0.15) is 119 Å². The molecule has 0 aromatic rings. The Bertz CT molecular complexity index is 755. The zero-order valence-corrected chi connectivity index (χ0v) is 22.9. The average Bonchev–Trinajstić information content (AvgIpc) is 3.24. The molecular formula is C30H52NO3-. The maximum Gasteiger partial charge on any atom is 0.108 e. The number of hydroxylamine groups is 2.